The average Bonchev–Trinajstić information content (AvgIpc) is 2.90. The van der Waals surface area contributed by atoms with Crippen LogP contribution in [0.3, 0.4) is 0 Å². The van der Waals surface area contributed by atoms with Crippen molar-refractivity contribution in [2.24, 2.45) is 0 Å². The molecule has 5 heteroatoms. The monoisotopic (exact) mass is 311 g/mol. The second-order valence-electron chi connectivity index (χ2n) is 5.59. The van der Waals surface area contributed by atoms with E-state index in [1.165, 1.54) is 11.1 Å². The number of hydrogen-bond acceptors (Lipinski definition) is 3. The van der Waals surface area contributed by atoms with Crippen molar-refractivity contribution in [3.05, 3.63) is 74.8 Å². The van der Waals surface area contributed by atoms with Crippen molar-refractivity contribution in [3.63, 3.8) is 0 Å². The van der Waals surface area contributed by atoms with E-state index in [0.717, 1.165) is 13.1 Å². The highest BCUT2D eigenvalue weighted by Gasteiger charge is 2.19. The van der Waals surface area contributed by atoms with E-state index in [1.54, 1.807) is 18.2 Å². The number of hydrogen-bond donors (Lipinski definition) is 1. The fourth-order valence-electron chi connectivity index (χ4n) is 2.96. The third-order valence-corrected chi connectivity index (χ3v) is 4.23. The van der Waals surface area contributed by atoms with E-state index in [0.29, 0.717) is 28.3 Å². The molecule has 0 saturated heterocycles. The van der Waals surface area contributed by atoms with Crippen LogP contribution >= 0.6 is 11.6 Å². The molecule has 2 aromatic carbocycles. The molecule has 1 aromatic heterocycles. The van der Waals surface area contributed by atoms with Crippen LogP contribution in [0.25, 0.3) is 10.9 Å². The minimum Gasteiger partial charge on any atom is -0.309 e. The Hall–Kier alpha value is -2.17. The van der Waals surface area contributed by atoms with Crippen molar-refractivity contribution in [1.82, 2.24) is 14.9 Å². The molecule has 0 unspecified atom stereocenters. The first-order chi connectivity index (χ1) is 10.7. The zero-order valence-corrected chi connectivity index (χ0v) is 12.6. The molecule has 2 heterocycles. The molecule has 0 bridgehead atoms. The van der Waals surface area contributed by atoms with Crippen LogP contribution in [-0.4, -0.2) is 14.9 Å². The molecule has 0 atom stereocenters. The van der Waals surface area contributed by atoms with Gasteiger partial charge in [0.1, 0.15) is 5.82 Å². The van der Waals surface area contributed by atoms with Gasteiger partial charge >= 0.3 is 0 Å². The Morgan fingerprint density at radius 2 is 1.86 bits per heavy atom. The third kappa shape index (κ3) is 2.40. The maximum atomic E-state index is 12.2. The second kappa shape index (κ2) is 5.23. The van der Waals surface area contributed by atoms with E-state index in [4.69, 9.17) is 11.6 Å². The number of aromatic amines is 1. The predicted octanol–water partition coefficient (Wildman–Crippen LogP) is 3.09. The minimum atomic E-state index is -0.140. The van der Waals surface area contributed by atoms with Crippen LogP contribution in [-0.2, 0) is 19.6 Å². The quantitative estimate of drug-likeness (QED) is 0.791. The number of rotatable bonds is 2. The zero-order chi connectivity index (χ0) is 15.1. The van der Waals surface area contributed by atoms with Crippen LogP contribution in [0.4, 0.5) is 0 Å². The third-order valence-electron chi connectivity index (χ3n) is 4.00. The molecule has 0 spiro atoms. The Morgan fingerprint density at radius 3 is 2.59 bits per heavy atom. The SMILES string of the molecule is O=c1[nH]c(CN2Cc3ccccc3C2)nc2ccc(Cl)cc12. The summed E-state index contributed by atoms with van der Waals surface area (Å²) in [6.45, 7) is 2.40. The number of halogens is 1. The van der Waals surface area contributed by atoms with Crippen molar-refractivity contribution in [1.29, 1.82) is 0 Å². The summed E-state index contributed by atoms with van der Waals surface area (Å²) in [6.07, 6.45) is 0. The van der Waals surface area contributed by atoms with E-state index in [1.807, 2.05) is 0 Å². The van der Waals surface area contributed by atoms with Gasteiger partial charge in [0.2, 0.25) is 0 Å². The first-order valence-corrected chi connectivity index (χ1v) is 7.54. The van der Waals surface area contributed by atoms with Crippen LogP contribution < -0.4 is 5.56 Å². The number of fused-ring (bicyclic) bond motifs is 2. The normalized spacial score (nSPS) is 14.4. The van der Waals surface area contributed by atoms with Gasteiger partial charge in [-0.1, -0.05) is 35.9 Å². The number of H-pyrrole nitrogens is 1. The molecular weight excluding hydrogens is 298 g/mol. The number of nitrogens with zero attached hydrogens (tertiary/aromatic N) is 2. The Kier molecular flexibility index (Phi) is 3.21. The summed E-state index contributed by atoms with van der Waals surface area (Å²) in [5, 5.41) is 1.07. The van der Waals surface area contributed by atoms with Gasteiger partial charge in [0.25, 0.3) is 5.56 Å². The molecule has 4 nitrogen and oxygen atoms in total. The van der Waals surface area contributed by atoms with Crippen LogP contribution in [0.5, 0.6) is 0 Å². The Labute approximate surface area is 132 Å². The molecule has 4 rings (SSSR count). The molecule has 0 aliphatic carbocycles. The lowest BCUT2D eigenvalue weighted by Crippen LogP contribution is -2.21. The lowest BCUT2D eigenvalue weighted by Gasteiger charge is -2.14. The van der Waals surface area contributed by atoms with Gasteiger partial charge in [0, 0.05) is 18.1 Å². The molecule has 3 aromatic rings. The topological polar surface area (TPSA) is 49.0 Å². The highest BCUT2D eigenvalue weighted by atomic mass is 35.5. The van der Waals surface area contributed by atoms with E-state index >= 15 is 0 Å². The molecule has 0 fully saturated rings. The van der Waals surface area contributed by atoms with Crippen LogP contribution in [0, 0.1) is 0 Å². The predicted molar refractivity (Wildman–Crippen MR) is 86.8 cm³/mol. The van der Waals surface area contributed by atoms with Crippen molar-refractivity contribution >= 4 is 22.5 Å². The fraction of sp³-hybridized carbons (Fsp3) is 0.176. The first kappa shape index (κ1) is 13.5. The summed E-state index contributed by atoms with van der Waals surface area (Å²) in [4.78, 5) is 21.9. The van der Waals surface area contributed by atoms with E-state index in [9.17, 15) is 4.79 Å². The molecule has 22 heavy (non-hydrogen) atoms. The second-order valence-corrected chi connectivity index (χ2v) is 6.02. The molecule has 0 amide bonds. The summed E-state index contributed by atoms with van der Waals surface area (Å²) in [5.74, 6) is 0.688. The van der Waals surface area contributed by atoms with Gasteiger partial charge < -0.3 is 4.98 Å². The van der Waals surface area contributed by atoms with Crippen molar-refractivity contribution in [2.45, 2.75) is 19.6 Å². The maximum Gasteiger partial charge on any atom is 0.258 e. The van der Waals surface area contributed by atoms with Gasteiger partial charge in [0.15, 0.2) is 0 Å². The summed E-state index contributed by atoms with van der Waals surface area (Å²) in [7, 11) is 0. The van der Waals surface area contributed by atoms with Gasteiger partial charge in [-0.2, -0.15) is 0 Å². The average molecular weight is 312 g/mol. The summed E-state index contributed by atoms with van der Waals surface area (Å²) in [6, 6.07) is 13.6. The van der Waals surface area contributed by atoms with E-state index in [-0.39, 0.29) is 5.56 Å². The van der Waals surface area contributed by atoms with E-state index in [2.05, 4.69) is 39.1 Å². The number of benzene rings is 2. The largest absolute Gasteiger partial charge is 0.309 e. The molecule has 1 aliphatic rings. The molecular formula is C17H14ClN3O. The van der Waals surface area contributed by atoms with Crippen LogP contribution in [0.1, 0.15) is 17.0 Å². The van der Waals surface area contributed by atoms with Gasteiger partial charge in [-0.3, -0.25) is 9.69 Å². The zero-order valence-electron chi connectivity index (χ0n) is 11.8. The summed E-state index contributed by atoms with van der Waals surface area (Å²) >= 11 is 5.93. The number of aromatic nitrogens is 2. The molecule has 1 aliphatic heterocycles. The standard InChI is InChI=1S/C17H14ClN3O/c18-13-5-6-15-14(7-13)17(22)20-16(19-15)10-21-8-11-3-1-2-4-12(11)9-21/h1-7H,8-10H2,(H,19,20,22). The molecule has 0 radical (unpaired) electrons. The van der Waals surface area contributed by atoms with Gasteiger partial charge in [-0.25, -0.2) is 4.98 Å². The lowest BCUT2D eigenvalue weighted by atomic mass is 10.1. The van der Waals surface area contributed by atoms with Crippen molar-refractivity contribution in [3.8, 4) is 0 Å². The Balaban J connectivity index is 1.63. The highest BCUT2D eigenvalue weighted by molar-refractivity contribution is 6.31. The van der Waals surface area contributed by atoms with Crippen molar-refractivity contribution in [2.75, 3.05) is 0 Å². The Morgan fingerprint density at radius 1 is 1.14 bits per heavy atom. The maximum absolute atomic E-state index is 12.2. The highest BCUT2D eigenvalue weighted by Crippen LogP contribution is 2.23. The molecule has 0 saturated carbocycles. The molecule has 1 N–H and O–H groups in total. The Bertz CT molecular complexity index is 894. The molecule has 110 valence electrons. The van der Waals surface area contributed by atoms with Crippen LogP contribution in [0.15, 0.2) is 47.3 Å². The van der Waals surface area contributed by atoms with Gasteiger partial charge in [-0.05, 0) is 29.3 Å². The lowest BCUT2D eigenvalue weighted by molar-refractivity contribution is 0.268. The van der Waals surface area contributed by atoms with Crippen molar-refractivity contribution < 1.29 is 0 Å². The van der Waals surface area contributed by atoms with Gasteiger partial charge in [0.05, 0.1) is 17.4 Å². The minimum absolute atomic E-state index is 0.140. The smallest absolute Gasteiger partial charge is 0.258 e. The summed E-state index contributed by atoms with van der Waals surface area (Å²) in [5.41, 5.74) is 3.23. The van der Waals surface area contributed by atoms with Crippen LogP contribution in [0.2, 0.25) is 5.02 Å². The number of nitrogens with one attached hydrogen (secondary N) is 1. The van der Waals surface area contributed by atoms with Gasteiger partial charge in [-0.15, -0.1) is 0 Å². The summed E-state index contributed by atoms with van der Waals surface area (Å²) < 4.78 is 0. The first-order valence-electron chi connectivity index (χ1n) is 7.17. The van der Waals surface area contributed by atoms with E-state index < -0.39 is 0 Å². The fourth-order valence-corrected chi connectivity index (χ4v) is 3.13.